The lowest BCUT2D eigenvalue weighted by Gasteiger charge is -2.27. The van der Waals surface area contributed by atoms with Crippen LogP contribution in [0.25, 0.3) is 0 Å². The molecule has 0 amide bonds. The van der Waals surface area contributed by atoms with Gasteiger partial charge in [-0.1, -0.05) is 18.2 Å². The molecule has 3 rings (SSSR count). The quantitative estimate of drug-likeness (QED) is 0.559. The van der Waals surface area contributed by atoms with Crippen molar-refractivity contribution in [3.8, 4) is 11.5 Å². The molecule has 7 nitrogen and oxygen atoms in total. The summed E-state index contributed by atoms with van der Waals surface area (Å²) in [4.78, 5) is 23.9. The standard InChI is InChI=1S/C19H17NO6/c1-2-25-19-13(16(21)11-6-3-4-9-15(11)26-19)10-20-14-8-5-7-12(17(14)22)18(23)24/h3-10,19-20,22H,2H2,1H3,(H,23,24)/b13-10-. The number of carbonyl (C=O) groups excluding carboxylic acids is 1. The fourth-order valence-electron chi connectivity index (χ4n) is 2.60. The Balaban J connectivity index is 1.95. The van der Waals surface area contributed by atoms with Crippen molar-refractivity contribution in [3.63, 3.8) is 0 Å². The number of nitrogens with one attached hydrogen (secondary N) is 1. The molecule has 2 aromatic carbocycles. The van der Waals surface area contributed by atoms with Gasteiger partial charge < -0.3 is 25.0 Å². The number of phenols is 1. The number of hydrogen-bond donors (Lipinski definition) is 3. The number of ether oxygens (including phenoxy) is 2. The lowest BCUT2D eigenvalue weighted by atomic mass is 10.00. The predicted molar refractivity (Wildman–Crippen MR) is 93.6 cm³/mol. The van der Waals surface area contributed by atoms with Crippen LogP contribution in [0.4, 0.5) is 5.69 Å². The molecular weight excluding hydrogens is 338 g/mol. The van der Waals surface area contributed by atoms with E-state index in [0.717, 1.165) is 0 Å². The fraction of sp³-hybridized carbons (Fsp3) is 0.158. The van der Waals surface area contributed by atoms with Crippen LogP contribution in [0.15, 0.2) is 54.2 Å². The number of benzene rings is 2. The van der Waals surface area contributed by atoms with Crippen molar-refractivity contribution in [2.75, 3.05) is 11.9 Å². The summed E-state index contributed by atoms with van der Waals surface area (Å²) in [7, 11) is 0. The lowest BCUT2D eigenvalue weighted by Crippen LogP contribution is -2.33. The number of carboxylic acid groups (broad SMARTS) is 1. The molecule has 7 heteroatoms. The third-order valence-corrected chi connectivity index (χ3v) is 3.85. The van der Waals surface area contributed by atoms with Gasteiger partial charge in [-0.05, 0) is 31.2 Å². The molecule has 3 N–H and O–H groups in total. The monoisotopic (exact) mass is 355 g/mol. The summed E-state index contributed by atoms with van der Waals surface area (Å²) in [6.07, 6.45) is 0.457. The molecule has 0 saturated carbocycles. The zero-order chi connectivity index (χ0) is 18.7. The maximum absolute atomic E-state index is 12.8. The number of Topliss-reactive ketones (excluding diaryl/α,β-unsaturated/α-hetero) is 1. The lowest BCUT2D eigenvalue weighted by molar-refractivity contribution is -0.0509. The number of aromatic carboxylic acids is 1. The molecule has 1 atom stereocenters. The third kappa shape index (κ3) is 3.25. The molecule has 0 aromatic heterocycles. The smallest absolute Gasteiger partial charge is 0.339 e. The Morgan fingerprint density at radius 3 is 2.77 bits per heavy atom. The maximum atomic E-state index is 12.8. The Morgan fingerprint density at radius 1 is 1.27 bits per heavy atom. The molecule has 1 heterocycles. The van der Waals surface area contributed by atoms with Gasteiger partial charge in [0.25, 0.3) is 0 Å². The summed E-state index contributed by atoms with van der Waals surface area (Å²) >= 11 is 0. The number of anilines is 1. The van der Waals surface area contributed by atoms with E-state index in [1.54, 1.807) is 31.2 Å². The van der Waals surface area contributed by atoms with Gasteiger partial charge in [0.15, 0.2) is 11.5 Å². The van der Waals surface area contributed by atoms with E-state index in [9.17, 15) is 14.7 Å². The molecule has 0 fully saturated rings. The van der Waals surface area contributed by atoms with E-state index >= 15 is 0 Å². The molecule has 0 bridgehead atoms. The minimum absolute atomic E-state index is 0.152. The molecule has 1 aliphatic rings. The highest BCUT2D eigenvalue weighted by Crippen LogP contribution is 2.32. The van der Waals surface area contributed by atoms with Crippen molar-refractivity contribution in [1.29, 1.82) is 0 Å². The van der Waals surface area contributed by atoms with Gasteiger partial charge in [-0.15, -0.1) is 0 Å². The van der Waals surface area contributed by atoms with Crippen molar-refractivity contribution in [2.45, 2.75) is 13.2 Å². The number of carboxylic acids is 1. The molecule has 0 spiro atoms. The van der Waals surface area contributed by atoms with Crippen molar-refractivity contribution >= 4 is 17.4 Å². The second-order valence-corrected chi connectivity index (χ2v) is 5.48. The van der Waals surface area contributed by atoms with Crippen molar-refractivity contribution in [1.82, 2.24) is 0 Å². The number of fused-ring (bicyclic) bond motifs is 1. The molecular formula is C19H17NO6. The fourth-order valence-corrected chi connectivity index (χ4v) is 2.60. The first-order valence-electron chi connectivity index (χ1n) is 7.96. The molecule has 0 radical (unpaired) electrons. The van der Waals surface area contributed by atoms with Crippen molar-refractivity contribution in [2.24, 2.45) is 0 Å². The predicted octanol–water partition coefficient (Wildman–Crippen LogP) is 3.02. The van der Waals surface area contributed by atoms with Gasteiger partial charge in [0.2, 0.25) is 6.29 Å². The van der Waals surface area contributed by atoms with Crippen LogP contribution in [0.2, 0.25) is 0 Å². The third-order valence-electron chi connectivity index (χ3n) is 3.85. The van der Waals surface area contributed by atoms with Crippen LogP contribution in [-0.4, -0.2) is 34.9 Å². The number of aromatic hydroxyl groups is 1. The summed E-state index contributed by atoms with van der Waals surface area (Å²) in [5, 5.41) is 21.9. The first kappa shape index (κ1) is 17.5. The normalized spacial score (nSPS) is 17.5. The molecule has 2 aromatic rings. The average molecular weight is 355 g/mol. The van der Waals surface area contributed by atoms with Gasteiger partial charge in [-0.3, -0.25) is 4.79 Å². The SMILES string of the molecule is CCOC1Oc2ccccc2C(=O)/C1=C/Nc1cccc(C(=O)O)c1O. The topological polar surface area (TPSA) is 105 Å². The number of para-hydroxylation sites is 2. The van der Waals surface area contributed by atoms with E-state index in [1.165, 1.54) is 24.4 Å². The van der Waals surface area contributed by atoms with E-state index in [1.807, 2.05) is 0 Å². The first-order valence-corrected chi connectivity index (χ1v) is 7.96. The van der Waals surface area contributed by atoms with E-state index in [-0.39, 0.29) is 22.6 Å². The van der Waals surface area contributed by atoms with Gasteiger partial charge in [0.1, 0.15) is 11.3 Å². The Labute approximate surface area is 149 Å². The molecule has 1 unspecified atom stereocenters. The number of ketones is 1. The Bertz CT molecular complexity index is 889. The molecule has 0 aliphatic carbocycles. The summed E-state index contributed by atoms with van der Waals surface area (Å²) in [5.41, 5.74) is 0.524. The summed E-state index contributed by atoms with van der Waals surface area (Å²) in [6.45, 7) is 2.11. The van der Waals surface area contributed by atoms with Crippen LogP contribution in [0.1, 0.15) is 27.6 Å². The highest BCUT2D eigenvalue weighted by molar-refractivity contribution is 6.12. The second kappa shape index (κ2) is 7.28. The van der Waals surface area contributed by atoms with Gasteiger partial charge >= 0.3 is 5.97 Å². The van der Waals surface area contributed by atoms with Crippen LogP contribution in [-0.2, 0) is 4.74 Å². The molecule has 26 heavy (non-hydrogen) atoms. The van der Waals surface area contributed by atoms with Crippen LogP contribution >= 0.6 is 0 Å². The van der Waals surface area contributed by atoms with Gasteiger partial charge in [0, 0.05) is 12.8 Å². The highest BCUT2D eigenvalue weighted by Gasteiger charge is 2.32. The second-order valence-electron chi connectivity index (χ2n) is 5.48. The maximum Gasteiger partial charge on any atom is 0.339 e. The zero-order valence-corrected chi connectivity index (χ0v) is 13.9. The molecule has 0 saturated heterocycles. The molecule has 1 aliphatic heterocycles. The van der Waals surface area contributed by atoms with Gasteiger partial charge in [-0.25, -0.2) is 4.79 Å². The van der Waals surface area contributed by atoms with Gasteiger partial charge in [-0.2, -0.15) is 0 Å². The van der Waals surface area contributed by atoms with Crippen LogP contribution in [0.3, 0.4) is 0 Å². The molecule has 134 valence electrons. The number of hydrogen-bond acceptors (Lipinski definition) is 6. The van der Waals surface area contributed by atoms with Crippen molar-refractivity contribution < 1.29 is 29.3 Å². The Kier molecular flexibility index (Phi) is 4.90. The summed E-state index contributed by atoms with van der Waals surface area (Å²) < 4.78 is 11.2. The Hall–Kier alpha value is -3.32. The highest BCUT2D eigenvalue weighted by atomic mass is 16.7. The van der Waals surface area contributed by atoms with Crippen LogP contribution in [0.5, 0.6) is 11.5 Å². The summed E-state index contributed by atoms with van der Waals surface area (Å²) in [6, 6.07) is 11.1. The van der Waals surface area contributed by atoms with Gasteiger partial charge in [0.05, 0.1) is 16.8 Å². The van der Waals surface area contributed by atoms with E-state index in [0.29, 0.717) is 17.9 Å². The van der Waals surface area contributed by atoms with E-state index in [2.05, 4.69) is 5.32 Å². The van der Waals surface area contributed by atoms with Crippen molar-refractivity contribution in [3.05, 3.63) is 65.4 Å². The van der Waals surface area contributed by atoms with E-state index < -0.39 is 18.0 Å². The summed E-state index contributed by atoms with van der Waals surface area (Å²) in [5.74, 6) is -1.51. The zero-order valence-electron chi connectivity index (χ0n) is 13.9. The number of carbonyl (C=O) groups is 2. The first-order chi connectivity index (χ1) is 12.5. The number of rotatable bonds is 5. The largest absolute Gasteiger partial charge is 0.505 e. The van der Waals surface area contributed by atoms with E-state index in [4.69, 9.17) is 14.6 Å². The average Bonchev–Trinajstić information content (AvgIpc) is 2.62. The minimum atomic E-state index is -1.25. The van der Waals surface area contributed by atoms with Crippen LogP contribution < -0.4 is 10.1 Å². The van der Waals surface area contributed by atoms with Crippen LogP contribution in [0, 0.1) is 0 Å². The Morgan fingerprint density at radius 2 is 2.04 bits per heavy atom. The minimum Gasteiger partial charge on any atom is -0.505 e.